The number of unbranched alkanes of at least 4 members (excludes halogenated alkanes) is 2. The zero-order valence-electron chi connectivity index (χ0n) is 13.2. The number of nitrogens with one attached hydrogen (secondary N) is 1. The zero-order valence-corrected chi connectivity index (χ0v) is 13.2. The van der Waals surface area contributed by atoms with Crippen LogP contribution in [0.3, 0.4) is 0 Å². The smallest absolute Gasteiger partial charge is 0.234 e. The normalized spacial score (nSPS) is 10.5. The SMILES string of the molecule is CC(=O)CCCCCNC(=O)CN(CC(C)=O)CC(C)=O. The summed E-state index contributed by atoms with van der Waals surface area (Å²) in [5, 5.41) is 2.76. The Morgan fingerprint density at radius 3 is 1.81 bits per heavy atom. The molecule has 0 aromatic rings. The summed E-state index contributed by atoms with van der Waals surface area (Å²) in [6, 6.07) is 0. The molecule has 6 heteroatoms. The number of Topliss-reactive ketones (excluding diaryl/α,β-unsaturated/α-hetero) is 3. The van der Waals surface area contributed by atoms with Gasteiger partial charge in [-0.2, -0.15) is 0 Å². The molecule has 0 fully saturated rings. The number of hydrogen-bond donors (Lipinski definition) is 1. The Balaban J connectivity index is 3.89. The van der Waals surface area contributed by atoms with Crippen LogP contribution in [0.1, 0.15) is 46.5 Å². The average Bonchev–Trinajstić information content (AvgIpc) is 2.31. The molecule has 0 radical (unpaired) electrons. The quantitative estimate of drug-likeness (QED) is 0.537. The molecule has 0 unspecified atom stereocenters. The lowest BCUT2D eigenvalue weighted by atomic mass is 10.1. The summed E-state index contributed by atoms with van der Waals surface area (Å²) in [4.78, 5) is 46.2. The second-order valence-electron chi connectivity index (χ2n) is 5.41. The number of carbonyl (C=O) groups excluding carboxylic acids is 4. The molecule has 6 nitrogen and oxygen atoms in total. The van der Waals surface area contributed by atoms with Crippen LogP contribution in [0.4, 0.5) is 0 Å². The summed E-state index contributed by atoms with van der Waals surface area (Å²) in [6.45, 7) is 5.23. The van der Waals surface area contributed by atoms with Crippen LogP contribution in [-0.4, -0.2) is 54.3 Å². The molecule has 0 aromatic carbocycles. The van der Waals surface area contributed by atoms with Gasteiger partial charge in [-0.15, -0.1) is 0 Å². The molecule has 0 atom stereocenters. The lowest BCUT2D eigenvalue weighted by molar-refractivity contribution is -0.125. The molecular weight excluding hydrogens is 272 g/mol. The van der Waals surface area contributed by atoms with Crippen molar-refractivity contribution < 1.29 is 19.2 Å². The van der Waals surface area contributed by atoms with Crippen LogP contribution in [0.2, 0.25) is 0 Å². The predicted molar refractivity (Wildman–Crippen MR) is 80.0 cm³/mol. The molecule has 0 rings (SSSR count). The maximum atomic E-state index is 11.7. The Morgan fingerprint density at radius 2 is 1.33 bits per heavy atom. The van der Waals surface area contributed by atoms with E-state index < -0.39 is 0 Å². The summed E-state index contributed by atoms with van der Waals surface area (Å²) in [5.41, 5.74) is 0. The second-order valence-corrected chi connectivity index (χ2v) is 5.41. The van der Waals surface area contributed by atoms with Gasteiger partial charge in [0.1, 0.15) is 17.3 Å². The summed E-state index contributed by atoms with van der Waals surface area (Å²) < 4.78 is 0. The maximum Gasteiger partial charge on any atom is 0.234 e. The van der Waals surface area contributed by atoms with Crippen LogP contribution in [0, 0.1) is 0 Å². The first-order chi connectivity index (χ1) is 9.81. The standard InChI is InChI=1S/C15H26N2O4/c1-12(18)7-5-4-6-8-16-15(21)11-17(9-13(2)19)10-14(3)20/h4-11H2,1-3H3,(H,16,21). The van der Waals surface area contributed by atoms with E-state index in [1.165, 1.54) is 18.7 Å². The molecule has 1 N–H and O–H groups in total. The van der Waals surface area contributed by atoms with Crippen molar-refractivity contribution in [1.29, 1.82) is 0 Å². The summed E-state index contributed by atoms with van der Waals surface area (Å²) >= 11 is 0. The van der Waals surface area contributed by atoms with Crippen molar-refractivity contribution in [2.24, 2.45) is 0 Å². The number of ketones is 3. The highest BCUT2D eigenvalue weighted by atomic mass is 16.2. The fourth-order valence-electron chi connectivity index (χ4n) is 1.96. The van der Waals surface area contributed by atoms with Crippen LogP contribution in [-0.2, 0) is 19.2 Å². The highest BCUT2D eigenvalue weighted by molar-refractivity contribution is 5.83. The Hall–Kier alpha value is -1.56. The lowest BCUT2D eigenvalue weighted by Crippen LogP contribution is -2.41. The molecule has 0 aliphatic carbocycles. The van der Waals surface area contributed by atoms with Gasteiger partial charge in [0.2, 0.25) is 5.91 Å². The second kappa shape index (κ2) is 11.1. The molecular formula is C15H26N2O4. The van der Waals surface area contributed by atoms with E-state index in [1.54, 1.807) is 6.92 Å². The number of amides is 1. The van der Waals surface area contributed by atoms with Crippen LogP contribution in [0.5, 0.6) is 0 Å². The fraction of sp³-hybridized carbons (Fsp3) is 0.733. The van der Waals surface area contributed by atoms with Gasteiger partial charge in [0, 0.05) is 13.0 Å². The van der Waals surface area contributed by atoms with Crippen molar-refractivity contribution in [3.05, 3.63) is 0 Å². The minimum absolute atomic E-state index is 0.0482. The van der Waals surface area contributed by atoms with Gasteiger partial charge >= 0.3 is 0 Å². The first-order valence-electron chi connectivity index (χ1n) is 7.28. The highest BCUT2D eigenvalue weighted by Gasteiger charge is 2.13. The third kappa shape index (κ3) is 13.2. The van der Waals surface area contributed by atoms with Crippen LogP contribution in [0.25, 0.3) is 0 Å². The average molecular weight is 298 g/mol. The molecule has 0 heterocycles. The number of rotatable bonds is 12. The van der Waals surface area contributed by atoms with Crippen molar-refractivity contribution >= 4 is 23.3 Å². The van der Waals surface area contributed by atoms with Gasteiger partial charge in [-0.1, -0.05) is 6.42 Å². The Bertz CT molecular complexity index is 364. The largest absolute Gasteiger partial charge is 0.355 e. The van der Waals surface area contributed by atoms with Crippen molar-refractivity contribution in [1.82, 2.24) is 10.2 Å². The van der Waals surface area contributed by atoms with Crippen molar-refractivity contribution in [3.8, 4) is 0 Å². The Labute approximate surface area is 126 Å². The molecule has 0 saturated heterocycles. The van der Waals surface area contributed by atoms with Gasteiger partial charge < -0.3 is 10.1 Å². The molecule has 1 amide bonds. The molecule has 0 saturated carbocycles. The molecule has 0 spiro atoms. The van der Waals surface area contributed by atoms with E-state index in [9.17, 15) is 19.2 Å². The third-order valence-electron chi connectivity index (χ3n) is 2.79. The van der Waals surface area contributed by atoms with E-state index >= 15 is 0 Å². The van der Waals surface area contributed by atoms with Crippen LogP contribution in [0.15, 0.2) is 0 Å². The molecule has 0 aliphatic rings. The van der Waals surface area contributed by atoms with Crippen LogP contribution >= 0.6 is 0 Å². The monoisotopic (exact) mass is 298 g/mol. The van der Waals surface area contributed by atoms with Gasteiger partial charge in [0.25, 0.3) is 0 Å². The summed E-state index contributed by atoms with van der Waals surface area (Å²) in [7, 11) is 0. The van der Waals surface area contributed by atoms with E-state index in [0.717, 1.165) is 19.3 Å². The third-order valence-corrected chi connectivity index (χ3v) is 2.79. The molecule has 0 aromatic heterocycles. The number of nitrogens with zero attached hydrogens (tertiary/aromatic N) is 1. The van der Waals surface area contributed by atoms with E-state index in [2.05, 4.69) is 5.32 Å². The van der Waals surface area contributed by atoms with Crippen molar-refractivity contribution in [2.45, 2.75) is 46.5 Å². The van der Waals surface area contributed by atoms with Crippen molar-refractivity contribution in [3.63, 3.8) is 0 Å². The molecule has 0 bridgehead atoms. The van der Waals surface area contributed by atoms with Gasteiger partial charge in [-0.3, -0.25) is 19.3 Å². The first kappa shape index (κ1) is 19.4. The van der Waals surface area contributed by atoms with E-state index in [4.69, 9.17) is 0 Å². The lowest BCUT2D eigenvalue weighted by Gasteiger charge is -2.18. The summed E-state index contributed by atoms with van der Waals surface area (Å²) in [5.74, 6) is -0.159. The minimum atomic E-state index is -0.191. The zero-order chi connectivity index (χ0) is 16.3. The molecule has 120 valence electrons. The van der Waals surface area contributed by atoms with Gasteiger partial charge in [-0.05, 0) is 33.6 Å². The molecule has 21 heavy (non-hydrogen) atoms. The minimum Gasteiger partial charge on any atom is -0.355 e. The summed E-state index contributed by atoms with van der Waals surface area (Å²) in [6.07, 6.45) is 3.13. The maximum absolute atomic E-state index is 11.7. The molecule has 0 aliphatic heterocycles. The van der Waals surface area contributed by atoms with Gasteiger partial charge in [0.15, 0.2) is 0 Å². The number of carbonyl (C=O) groups is 4. The Kier molecular flexibility index (Phi) is 10.3. The van der Waals surface area contributed by atoms with Crippen molar-refractivity contribution in [2.75, 3.05) is 26.2 Å². The predicted octanol–water partition coefficient (Wildman–Crippen LogP) is 0.732. The van der Waals surface area contributed by atoms with E-state index in [-0.39, 0.29) is 42.9 Å². The van der Waals surface area contributed by atoms with E-state index in [1.807, 2.05) is 0 Å². The first-order valence-corrected chi connectivity index (χ1v) is 7.28. The van der Waals surface area contributed by atoms with E-state index in [0.29, 0.717) is 13.0 Å². The van der Waals surface area contributed by atoms with Gasteiger partial charge in [-0.25, -0.2) is 0 Å². The Morgan fingerprint density at radius 1 is 0.762 bits per heavy atom. The topological polar surface area (TPSA) is 83.6 Å². The fourth-order valence-corrected chi connectivity index (χ4v) is 1.96. The highest BCUT2D eigenvalue weighted by Crippen LogP contribution is 1.99. The van der Waals surface area contributed by atoms with Crippen LogP contribution < -0.4 is 5.32 Å². The number of hydrogen-bond acceptors (Lipinski definition) is 5. The van der Waals surface area contributed by atoms with Gasteiger partial charge in [0.05, 0.1) is 19.6 Å².